The average molecular weight is 574 g/mol. The normalized spacial score (nSPS) is 11.4. The first kappa shape index (κ1) is 29.6. The lowest BCUT2D eigenvalue weighted by atomic mass is 10.1. The largest absolute Gasteiger partial charge is 0.480 e. The van der Waals surface area contributed by atoms with E-state index < -0.39 is 30.1 Å². The summed E-state index contributed by atoms with van der Waals surface area (Å²) in [4.78, 5) is 58.2. The number of nitrogens with one attached hydrogen (secondary N) is 3. The van der Waals surface area contributed by atoms with Crippen molar-refractivity contribution in [3.63, 3.8) is 0 Å². The predicted octanol–water partition coefficient (Wildman–Crippen LogP) is 3.83. The number of amides is 3. The summed E-state index contributed by atoms with van der Waals surface area (Å²) in [6.07, 6.45) is -1.42. The summed E-state index contributed by atoms with van der Waals surface area (Å²) in [5, 5.41) is 14.2. The fraction of sp³-hybridized carbons (Fsp3) is 0.233. The van der Waals surface area contributed by atoms with Gasteiger partial charge in [0.25, 0.3) is 5.91 Å². The zero-order valence-corrected chi connectivity index (χ0v) is 22.9. The SMILES string of the molecule is CCOC(=O)N(Cc1ccc(C(=O)NCC(NC(=O)OCc2ccccc2)C(=O)O)cc1)Cc1nc2ccccc2[nH]1. The van der Waals surface area contributed by atoms with Crippen molar-refractivity contribution in [2.75, 3.05) is 13.2 Å². The molecule has 1 heterocycles. The lowest BCUT2D eigenvalue weighted by Crippen LogP contribution is -2.48. The van der Waals surface area contributed by atoms with Gasteiger partial charge in [-0.1, -0.05) is 54.6 Å². The van der Waals surface area contributed by atoms with Crippen molar-refractivity contribution in [3.05, 3.63) is 101 Å². The monoisotopic (exact) mass is 573 g/mol. The lowest BCUT2D eigenvalue weighted by Gasteiger charge is -2.21. The molecule has 0 aliphatic heterocycles. The molecule has 1 aromatic heterocycles. The maximum atomic E-state index is 12.7. The molecule has 12 nitrogen and oxygen atoms in total. The van der Waals surface area contributed by atoms with Crippen LogP contribution in [0.5, 0.6) is 0 Å². The molecule has 0 bridgehead atoms. The van der Waals surface area contributed by atoms with Crippen molar-refractivity contribution < 1.29 is 33.8 Å². The number of aromatic nitrogens is 2. The Morgan fingerprint density at radius 2 is 1.62 bits per heavy atom. The third-order valence-corrected chi connectivity index (χ3v) is 6.16. The van der Waals surface area contributed by atoms with Crippen molar-refractivity contribution in [1.82, 2.24) is 25.5 Å². The second kappa shape index (κ2) is 14.3. The number of hydrogen-bond acceptors (Lipinski definition) is 7. The van der Waals surface area contributed by atoms with Crippen LogP contribution in [0.2, 0.25) is 0 Å². The van der Waals surface area contributed by atoms with E-state index in [2.05, 4.69) is 20.6 Å². The third kappa shape index (κ3) is 8.31. The number of aromatic amines is 1. The van der Waals surface area contributed by atoms with Crippen LogP contribution in [0, 0.1) is 0 Å². The summed E-state index contributed by atoms with van der Waals surface area (Å²) in [5.41, 5.74) is 3.40. The number of hydrogen-bond donors (Lipinski definition) is 4. The van der Waals surface area contributed by atoms with Crippen LogP contribution in [0.15, 0.2) is 78.9 Å². The van der Waals surface area contributed by atoms with Crippen LogP contribution < -0.4 is 10.6 Å². The van der Waals surface area contributed by atoms with Gasteiger partial charge in [-0.3, -0.25) is 9.69 Å². The molecule has 0 saturated carbocycles. The number of nitrogens with zero attached hydrogens (tertiary/aromatic N) is 2. The van der Waals surface area contributed by atoms with E-state index in [1.165, 1.54) is 4.90 Å². The van der Waals surface area contributed by atoms with E-state index in [0.29, 0.717) is 5.82 Å². The van der Waals surface area contributed by atoms with E-state index in [9.17, 15) is 24.3 Å². The van der Waals surface area contributed by atoms with Gasteiger partial charge in [0.15, 0.2) is 0 Å². The molecule has 1 unspecified atom stereocenters. The fourth-order valence-electron chi connectivity index (χ4n) is 4.05. The summed E-state index contributed by atoms with van der Waals surface area (Å²) in [5.74, 6) is -1.26. The molecule has 0 fully saturated rings. The summed E-state index contributed by atoms with van der Waals surface area (Å²) < 4.78 is 10.3. The fourth-order valence-corrected chi connectivity index (χ4v) is 4.05. The number of rotatable bonds is 12. The number of benzene rings is 3. The Labute approximate surface area is 241 Å². The summed E-state index contributed by atoms with van der Waals surface area (Å²) in [7, 11) is 0. The first-order valence-electron chi connectivity index (χ1n) is 13.2. The zero-order chi connectivity index (χ0) is 29.9. The van der Waals surface area contributed by atoms with Gasteiger partial charge in [-0.15, -0.1) is 0 Å². The van der Waals surface area contributed by atoms with Crippen LogP contribution in [-0.4, -0.2) is 63.2 Å². The quantitative estimate of drug-likeness (QED) is 0.199. The van der Waals surface area contributed by atoms with Crippen molar-refractivity contribution >= 4 is 35.1 Å². The van der Waals surface area contributed by atoms with E-state index in [1.54, 1.807) is 55.5 Å². The molecule has 3 amide bonds. The standard InChI is InChI=1S/C30H31N5O7/c1-2-41-30(40)35(18-26-32-23-10-6-7-11-24(23)33-26)17-20-12-14-22(15-13-20)27(36)31-16-25(28(37)38)34-29(39)42-19-21-8-4-3-5-9-21/h3-15,25H,2,16-19H2,1H3,(H,31,36)(H,32,33)(H,34,39)(H,37,38). The molecule has 42 heavy (non-hydrogen) atoms. The number of ether oxygens (including phenoxy) is 2. The molecule has 0 aliphatic rings. The zero-order valence-electron chi connectivity index (χ0n) is 22.9. The molecule has 4 N–H and O–H groups in total. The topological polar surface area (TPSA) is 163 Å². The van der Waals surface area contributed by atoms with Crippen LogP contribution in [-0.2, 0) is 34.0 Å². The summed E-state index contributed by atoms with van der Waals surface area (Å²) >= 11 is 0. The number of carboxylic acid groups (broad SMARTS) is 1. The van der Waals surface area contributed by atoms with Crippen molar-refractivity contribution in [2.45, 2.75) is 32.7 Å². The minimum Gasteiger partial charge on any atom is -0.480 e. The van der Waals surface area contributed by atoms with Crippen molar-refractivity contribution in [3.8, 4) is 0 Å². The van der Waals surface area contributed by atoms with Gasteiger partial charge in [0.2, 0.25) is 0 Å². The Morgan fingerprint density at radius 1 is 0.905 bits per heavy atom. The van der Waals surface area contributed by atoms with Crippen LogP contribution >= 0.6 is 0 Å². The van der Waals surface area contributed by atoms with Crippen LogP contribution in [0.25, 0.3) is 11.0 Å². The Bertz CT molecular complexity index is 1490. The molecule has 3 aromatic carbocycles. The maximum Gasteiger partial charge on any atom is 0.410 e. The van der Waals surface area contributed by atoms with Crippen LogP contribution in [0.4, 0.5) is 9.59 Å². The highest BCUT2D eigenvalue weighted by atomic mass is 16.6. The summed E-state index contributed by atoms with van der Waals surface area (Å²) in [6, 6.07) is 21.6. The van der Waals surface area contributed by atoms with Gasteiger partial charge in [-0.2, -0.15) is 0 Å². The minimum atomic E-state index is -1.40. The lowest BCUT2D eigenvalue weighted by molar-refractivity contribution is -0.139. The Morgan fingerprint density at radius 3 is 2.31 bits per heavy atom. The maximum absolute atomic E-state index is 12.7. The third-order valence-electron chi connectivity index (χ3n) is 6.16. The molecule has 0 radical (unpaired) electrons. The van der Waals surface area contributed by atoms with E-state index in [1.807, 2.05) is 30.3 Å². The number of imidazole rings is 1. The first-order chi connectivity index (χ1) is 20.3. The Hall–Kier alpha value is -5.39. The van der Waals surface area contributed by atoms with Crippen LogP contribution in [0.1, 0.15) is 34.2 Å². The van der Waals surface area contributed by atoms with Gasteiger partial charge < -0.3 is 30.2 Å². The highest BCUT2D eigenvalue weighted by Gasteiger charge is 2.22. The van der Waals surface area contributed by atoms with Crippen LogP contribution in [0.3, 0.4) is 0 Å². The molecule has 12 heteroatoms. The second-order valence-corrected chi connectivity index (χ2v) is 9.26. The van der Waals surface area contributed by atoms with Gasteiger partial charge in [0.1, 0.15) is 18.5 Å². The van der Waals surface area contributed by atoms with Gasteiger partial charge in [-0.05, 0) is 42.3 Å². The summed E-state index contributed by atoms with van der Waals surface area (Å²) in [6.45, 7) is 1.95. The molecular formula is C30H31N5O7. The first-order valence-corrected chi connectivity index (χ1v) is 13.2. The predicted molar refractivity (Wildman–Crippen MR) is 152 cm³/mol. The van der Waals surface area contributed by atoms with Gasteiger partial charge in [-0.25, -0.2) is 19.4 Å². The van der Waals surface area contributed by atoms with E-state index >= 15 is 0 Å². The van der Waals surface area contributed by atoms with E-state index in [0.717, 1.165) is 22.2 Å². The molecule has 0 spiro atoms. The molecule has 0 saturated heterocycles. The number of aliphatic carboxylic acids is 1. The van der Waals surface area contributed by atoms with Gasteiger partial charge in [0, 0.05) is 18.7 Å². The molecule has 218 valence electrons. The molecule has 0 aliphatic carbocycles. The molecule has 4 aromatic rings. The Kier molecular flexibility index (Phi) is 10.1. The number of alkyl carbamates (subject to hydrolysis) is 1. The number of carbonyl (C=O) groups excluding carboxylic acids is 3. The number of H-pyrrole nitrogens is 1. The molecule has 4 rings (SSSR count). The highest BCUT2D eigenvalue weighted by Crippen LogP contribution is 2.15. The average Bonchev–Trinajstić information content (AvgIpc) is 3.41. The van der Waals surface area contributed by atoms with Gasteiger partial charge in [0.05, 0.1) is 24.2 Å². The minimum absolute atomic E-state index is 0.0242. The number of carboxylic acids is 1. The second-order valence-electron chi connectivity index (χ2n) is 9.26. The number of fused-ring (bicyclic) bond motifs is 1. The van der Waals surface area contributed by atoms with E-state index in [4.69, 9.17) is 9.47 Å². The molecule has 1 atom stereocenters. The van der Waals surface area contributed by atoms with Crippen molar-refractivity contribution in [2.24, 2.45) is 0 Å². The smallest absolute Gasteiger partial charge is 0.410 e. The highest BCUT2D eigenvalue weighted by molar-refractivity contribution is 5.94. The van der Waals surface area contributed by atoms with Gasteiger partial charge >= 0.3 is 18.2 Å². The van der Waals surface area contributed by atoms with Crippen molar-refractivity contribution in [1.29, 1.82) is 0 Å². The molecular weight excluding hydrogens is 542 g/mol. The number of carbonyl (C=O) groups is 4. The van der Waals surface area contributed by atoms with E-state index in [-0.39, 0.29) is 38.4 Å². The number of para-hydroxylation sites is 2. The Balaban J connectivity index is 1.32.